The summed E-state index contributed by atoms with van der Waals surface area (Å²) >= 11 is 1.68. The lowest BCUT2D eigenvalue weighted by molar-refractivity contribution is 0.384. The minimum absolute atomic E-state index is 0.573. The lowest BCUT2D eigenvalue weighted by atomic mass is 10.0. The molecule has 0 atom stereocenters. The molecular formula is C16H20N4OS. The predicted octanol–water partition coefficient (Wildman–Crippen LogP) is 4.11. The smallest absolute Gasteiger partial charge is 0.156 e. The number of aromatic nitrogens is 3. The molecule has 3 aromatic rings. The van der Waals surface area contributed by atoms with Crippen molar-refractivity contribution in [1.82, 2.24) is 15.1 Å². The van der Waals surface area contributed by atoms with Crippen molar-refractivity contribution in [3.05, 3.63) is 34.3 Å². The van der Waals surface area contributed by atoms with Gasteiger partial charge in [-0.25, -0.2) is 9.97 Å². The van der Waals surface area contributed by atoms with Gasteiger partial charge in [0.1, 0.15) is 16.5 Å². The van der Waals surface area contributed by atoms with Crippen LogP contribution in [0.3, 0.4) is 0 Å². The van der Waals surface area contributed by atoms with Crippen LogP contribution in [0.5, 0.6) is 0 Å². The fourth-order valence-corrected chi connectivity index (χ4v) is 3.49. The van der Waals surface area contributed by atoms with Gasteiger partial charge in [0.15, 0.2) is 5.76 Å². The van der Waals surface area contributed by atoms with Gasteiger partial charge >= 0.3 is 0 Å². The van der Waals surface area contributed by atoms with Crippen molar-refractivity contribution >= 4 is 27.4 Å². The standard InChI is InChI=1S/C16H20N4OS/c1-9(2)5-12-8-22-16-14(12)15(18-11(4)19-16)17-7-13-6-10(3)20-21-13/h6,8-9H,5,7H2,1-4H3,(H,17,18,19). The van der Waals surface area contributed by atoms with Crippen LogP contribution in [-0.4, -0.2) is 15.1 Å². The molecule has 3 heterocycles. The van der Waals surface area contributed by atoms with Crippen molar-refractivity contribution < 1.29 is 4.52 Å². The average Bonchev–Trinajstić information content (AvgIpc) is 3.02. The van der Waals surface area contributed by atoms with E-state index in [0.717, 1.165) is 39.7 Å². The molecule has 3 aromatic heterocycles. The molecule has 0 fully saturated rings. The van der Waals surface area contributed by atoms with Crippen LogP contribution in [0.15, 0.2) is 16.0 Å². The summed E-state index contributed by atoms with van der Waals surface area (Å²) in [7, 11) is 0. The Labute approximate surface area is 133 Å². The van der Waals surface area contributed by atoms with E-state index >= 15 is 0 Å². The van der Waals surface area contributed by atoms with Crippen molar-refractivity contribution in [2.45, 2.75) is 40.7 Å². The van der Waals surface area contributed by atoms with E-state index in [1.165, 1.54) is 5.56 Å². The number of anilines is 1. The SMILES string of the molecule is Cc1cc(CNc2nc(C)nc3scc(CC(C)C)c23)on1. The molecule has 22 heavy (non-hydrogen) atoms. The van der Waals surface area contributed by atoms with Gasteiger partial charge in [-0.3, -0.25) is 0 Å². The second kappa shape index (κ2) is 6.04. The predicted molar refractivity (Wildman–Crippen MR) is 89.3 cm³/mol. The van der Waals surface area contributed by atoms with E-state index in [4.69, 9.17) is 4.52 Å². The van der Waals surface area contributed by atoms with Gasteiger partial charge in [-0.05, 0) is 37.1 Å². The van der Waals surface area contributed by atoms with Gasteiger partial charge in [-0.2, -0.15) is 0 Å². The molecule has 0 amide bonds. The van der Waals surface area contributed by atoms with Gasteiger partial charge in [-0.1, -0.05) is 19.0 Å². The largest absolute Gasteiger partial charge is 0.362 e. The van der Waals surface area contributed by atoms with Gasteiger partial charge in [-0.15, -0.1) is 11.3 Å². The van der Waals surface area contributed by atoms with Gasteiger partial charge in [0, 0.05) is 6.07 Å². The second-order valence-corrected chi connectivity index (χ2v) is 6.80. The Bertz CT molecular complexity index is 791. The van der Waals surface area contributed by atoms with Crippen LogP contribution >= 0.6 is 11.3 Å². The quantitative estimate of drug-likeness (QED) is 0.767. The van der Waals surface area contributed by atoms with E-state index in [-0.39, 0.29) is 0 Å². The second-order valence-electron chi connectivity index (χ2n) is 5.95. The topological polar surface area (TPSA) is 63.8 Å². The van der Waals surface area contributed by atoms with Crippen LogP contribution in [-0.2, 0) is 13.0 Å². The molecule has 0 unspecified atom stereocenters. The highest BCUT2D eigenvalue weighted by Gasteiger charge is 2.14. The summed E-state index contributed by atoms with van der Waals surface area (Å²) in [6, 6.07) is 1.93. The molecule has 3 rings (SSSR count). The van der Waals surface area contributed by atoms with E-state index in [0.29, 0.717) is 12.5 Å². The van der Waals surface area contributed by atoms with Crippen molar-refractivity contribution in [3.8, 4) is 0 Å². The fourth-order valence-electron chi connectivity index (χ4n) is 2.50. The van der Waals surface area contributed by atoms with E-state index in [9.17, 15) is 0 Å². The third kappa shape index (κ3) is 3.11. The molecule has 5 nitrogen and oxygen atoms in total. The molecule has 0 spiro atoms. The number of nitrogens with one attached hydrogen (secondary N) is 1. The number of nitrogens with zero attached hydrogens (tertiary/aromatic N) is 3. The Morgan fingerprint density at radius 1 is 1.27 bits per heavy atom. The monoisotopic (exact) mass is 316 g/mol. The van der Waals surface area contributed by atoms with Crippen molar-refractivity contribution in [2.24, 2.45) is 5.92 Å². The maximum Gasteiger partial charge on any atom is 0.156 e. The van der Waals surface area contributed by atoms with Crippen LogP contribution in [0.25, 0.3) is 10.2 Å². The van der Waals surface area contributed by atoms with Crippen LogP contribution in [0, 0.1) is 19.8 Å². The summed E-state index contributed by atoms with van der Waals surface area (Å²) in [4.78, 5) is 10.2. The minimum atomic E-state index is 0.573. The molecule has 1 N–H and O–H groups in total. The Kier molecular flexibility index (Phi) is 4.11. The summed E-state index contributed by atoms with van der Waals surface area (Å²) in [5, 5.41) is 10.6. The lowest BCUT2D eigenvalue weighted by Gasteiger charge is -2.09. The van der Waals surface area contributed by atoms with Gasteiger partial charge in [0.05, 0.1) is 17.6 Å². The molecule has 116 valence electrons. The van der Waals surface area contributed by atoms with Gasteiger partial charge < -0.3 is 9.84 Å². The van der Waals surface area contributed by atoms with Crippen LogP contribution < -0.4 is 5.32 Å². The first kappa shape index (κ1) is 15.0. The first-order valence-electron chi connectivity index (χ1n) is 7.43. The highest BCUT2D eigenvalue weighted by atomic mass is 32.1. The van der Waals surface area contributed by atoms with Crippen LogP contribution in [0.4, 0.5) is 5.82 Å². The minimum Gasteiger partial charge on any atom is -0.362 e. The van der Waals surface area contributed by atoms with Crippen LogP contribution in [0.1, 0.15) is 36.7 Å². The molecular weight excluding hydrogens is 296 g/mol. The molecule has 0 aliphatic carbocycles. The van der Waals surface area contributed by atoms with Crippen molar-refractivity contribution in [2.75, 3.05) is 5.32 Å². The number of rotatable bonds is 5. The first-order chi connectivity index (χ1) is 10.5. The summed E-state index contributed by atoms with van der Waals surface area (Å²) in [6.07, 6.45) is 1.03. The molecule has 6 heteroatoms. The Morgan fingerprint density at radius 3 is 2.77 bits per heavy atom. The van der Waals surface area contributed by atoms with Crippen molar-refractivity contribution in [3.63, 3.8) is 0 Å². The molecule has 0 aliphatic heterocycles. The summed E-state index contributed by atoms with van der Waals surface area (Å²) in [6.45, 7) is 8.86. The zero-order valence-electron chi connectivity index (χ0n) is 13.3. The maximum atomic E-state index is 5.25. The number of hydrogen-bond donors (Lipinski definition) is 1. The molecule has 0 radical (unpaired) electrons. The number of fused-ring (bicyclic) bond motifs is 1. The lowest BCUT2D eigenvalue weighted by Crippen LogP contribution is -2.04. The Hall–Kier alpha value is -1.95. The molecule has 0 aromatic carbocycles. The number of aryl methyl sites for hydroxylation is 2. The summed E-state index contributed by atoms with van der Waals surface area (Å²) < 4.78 is 5.25. The summed E-state index contributed by atoms with van der Waals surface area (Å²) in [5.74, 6) is 3.07. The zero-order valence-corrected chi connectivity index (χ0v) is 14.1. The normalized spacial score (nSPS) is 11.5. The van der Waals surface area contributed by atoms with E-state index in [1.54, 1.807) is 11.3 Å². The van der Waals surface area contributed by atoms with E-state index < -0.39 is 0 Å². The Morgan fingerprint density at radius 2 is 2.09 bits per heavy atom. The number of thiophene rings is 1. The Balaban J connectivity index is 1.94. The maximum absolute atomic E-state index is 5.25. The fraction of sp³-hybridized carbons (Fsp3) is 0.438. The van der Waals surface area contributed by atoms with Gasteiger partial charge in [0.2, 0.25) is 0 Å². The van der Waals surface area contributed by atoms with Gasteiger partial charge in [0.25, 0.3) is 0 Å². The zero-order chi connectivity index (χ0) is 15.7. The highest BCUT2D eigenvalue weighted by Crippen LogP contribution is 2.31. The molecule has 0 saturated heterocycles. The molecule has 0 aliphatic rings. The highest BCUT2D eigenvalue weighted by molar-refractivity contribution is 7.17. The van der Waals surface area contributed by atoms with E-state index in [1.807, 2.05) is 19.9 Å². The third-order valence-electron chi connectivity index (χ3n) is 3.36. The van der Waals surface area contributed by atoms with E-state index in [2.05, 4.69) is 39.7 Å². The third-order valence-corrected chi connectivity index (χ3v) is 4.28. The summed E-state index contributed by atoms with van der Waals surface area (Å²) in [5.41, 5.74) is 2.20. The average molecular weight is 316 g/mol. The molecule has 0 saturated carbocycles. The first-order valence-corrected chi connectivity index (χ1v) is 8.31. The molecule has 0 bridgehead atoms. The van der Waals surface area contributed by atoms with Crippen LogP contribution in [0.2, 0.25) is 0 Å². The van der Waals surface area contributed by atoms with Crippen molar-refractivity contribution in [1.29, 1.82) is 0 Å². The number of hydrogen-bond acceptors (Lipinski definition) is 6.